The molecule has 0 saturated carbocycles. The van der Waals surface area contributed by atoms with Gasteiger partial charge in [-0.05, 0) is 6.92 Å². The van der Waals surface area contributed by atoms with E-state index in [-0.39, 0.29) is 5.91 Å². The van der Waals surface area contributed by atoms with E-state index in [0.717, 1.165) is 0 Å². The van der Waals surface area contributed by atoms with Gasteiger partial charge in [-0.2, -0.15) is 0 Å². The second-order valence-corrected chi connectivity index (χ2v) is 2.35. The van der Waals surface area contributed by atoms with Gasteiger partial charge in [0.1, 0.15) is 0 Å². The van der Waals surface area contributed by atoms with Crippen LogP contribution < -0.4 is 10.6 Å². The minimum Gasteiger partial charge on any atom is -0.450 e. The molecule has 0 aliphatic rings. The fraction of sp³-hybridized carbons (Fsp3) is 0.750. The van der Waals surface area contributed by atoms with Crippen molar-refractivity contribution in [3.63, 3.8) is 0 Å². The maximum Gasteiger partial charge on any atom is 0.407 e. The molecule has 0 spiro atoms. The summed E-state index contributed by atoms with van der Waals surface area (Å²) in [5.41, 5.74) is 0. The van der Waals surface area contributed by atoms with Crippen LogP contribution in [0.5, 0.6) is 0 Å². The first-order valence-corrected chi connectivity index (χ1v) is 4.38. The molecule has 0 aromatic rings. The molecular weight excluding hydrogens is 172 g/mol. The largest absolute Gasteiger partial charge is 0.450 e. The number of amides is 2. The lowest BCUT2D eigenvalue weighted by molar-refractivity contribution is -0.120. The molecule has 0 atom stereocenters. The van der Waals surface area contributed by atoms with Gasteiger partial charge in [-0.3, -0.25) is 4.79 Å². The molecule has 0 fully saturated rings. The van der Waals surface area contributed by atoms with Crippen LogP contribution in [0.1, 0.15) is 20.3 Å². The number of carbonyl (C=O) groups excluding carboxylic acids is 2. The van der Waals surface area contributed by atoms with E-state index in [1.807, 2.05) is 0 Å². The van der Waals surface area contributed by atoms with Crippen molar-refractivity contribution in [2.24, 2.45) is 0 Å². The van der Waals surface area contributed by atoms with E-state index in [4.69, 9.17) is 0 Å². The monoisotopic (exact) mass is 188 g/mol. The number of alkyl carbamates (subject to hydrolysis) is 1. The first kappa shape index (κ1) is 11.7. The predicted octanol–water partition coefficient (Wildman–Crippen LogP) is 0.259. The summed E-state index contributed by atoms with van der Waals surface area (Å²) in [4.78, 5) is 21.4. The fourth-order valence-corrected chi connectivity index (χ4v) is 0.674. The van der Waals surface area contributed by atoms with Crippen LogP contribution in [0.4, 0.5) is 4.79 Å². The third kappa shape index (κ3) is 7.11. The second kappa shape index (κ2) is 7.39. The lowest BCUT2D eigenvalue weighted by Gasteiger charge is -2.05. The second-order valence-electron chi connectivity index (χ2n) is 2.35. The quantitative estimate of drug-likeness (QED) is 0.608. The highest BCUT2D eigenvalue weighted by molar-refractivity contribution is 5.75. The summed E-state index contributed by atoms with van der Waals surface area (Å²) < 4.78 is 4.61. The normalized spacial score (nSPS) is 9.08. The number of hydrogen-bond donors (Lipinski definition) is 2. The molecule has 0 aromatic carbocycles. The van der Waals surface area contributed by atoms with Gasteiger partial charge in [0.2, 0.25) is 5.91 Å². The van der Waals surface area contributed by atoms with Gasteiger partial charge in [0.25, 0.3) is 0 Å². The topological polar surface area (TPSA) is 67.4 Å². The summed E-state index contributed by atoms with van der Waals surface area (Å²) in [6, 6.07) is 0. The van der Waals surface area contributed by atoms with Crippen LogP contribution in [0.2, 0.25) is 0 Å². The van der Waals surface area contributed by atoms with E-state index in [0.29, 0.717) is 26.1 Å². The highest BCUT2D eigenvalue weighted by Crippen LogP contribution is 1.76. The third-order valence-corrected chi connectivity index (χ3v) is 1.31. The van der Waals surface area contributed by atoms with Crippen molar-refractivity contribution in [2.75, 3.05) is 19.7 Å². The van der Waals surface area contributed by atoms with Crippen molar-refractivity contribution in [1.82, 2.24) is 10.6 Å². The van der Waals surface area contributed by atoms with Gasteiger partial charge in [0, 0.05) is 19.5 Å². The zero-order chi connectivity index (χ0) is 10.1. The Morgan fingerprint density at radius 1 is 1.15 bits per heavy atom. The predicted molar refractivity (Wildman–Crippen MR) is 48.3 cm³/mol. The molecule has 0 heterocycles. The smallest absolute Gasteiger partial charge is 0.407 e. The van der Waals surface area contributed by atoms with Gasteiger partial charge in [0.05, 0.1) is 6.61 Å². The molecule has 0 aromatic heterocycles. The Morgan fingerprint density at radius 3 is 2.31 bits per heavy atom. The van der Waals surface area contributed by atoms with Gasteiger partial charge >= 0.3 is 6.09 Å². The zero-order valence-electron chi connectivity index (χ0n) is 8.05. The molecule has 5 nitrogen and oxygen atoms in total. The fourth-order valence-electron chi connectivity index (χ4n) is 0.674. The zero-order valence-corrected chi connectivity index (χ0v) is 8.05. The third-order valence-electron chi connectivity index (χ3n) is 1.31. The van der Waals surface area contributed by atoms with Crippen molar-refractivity contribution < 1.29 is 14.3 Å². The highest BCUT2D eigenvalue weighted by atomic mass is 16.5. The molecule has 0 aliphatic carbocycles. The highest BCUT2D eigenvalue weighted by Gasteiger charge is 1.99. The molecule has 2 N–H and O–H groups in total. The Labute approximate surface area is 77.8 Å². The van der Waals surface area contributed by atoms with Gasteiger partial charge in [-0.1, -0.05) is 6.92 Å². The molecule has 5 heteroatoms. The molecule has 0 bridgehead atoms. The minimum absolute atomic E-state index is 0.0225. The van der Waals surface area contributed by atoms with E-state index in [9.17, 15) is 9.59 Å². The maximum atomic E-state index is 10.7. The van der Waals surface area contributed by atoms with Gasteiger partial charge in [-0.15, -0.1) is 0 Å². The Hall–Kier alpha value is -1.26. The summed E-state index contributed by atoms with van der Waals surface area (Å²) >= 11 is 0. The van der Waals surface area contributed by atoms with Crippen molar-refractivity contribution in [1.29, 1.82) is 0 Å². The Balaban J connectivity index is 3.25. The number of nitrogens with one attached hydrogen (secondary N) is 2. The van der Waals surface area contributed by atoms with E-state index in [1.54, 1.807) is 13.8 Å². The Morgan fingerprint density at radius 2 is 1.77 bits per heavy atom. The number of ether oxygens (including phenoxy) is 1. The minimum atomic E-state index is -0.451. The summed E-state index contributed by atoms with van der Waals surface area (Å²) in [7, 11) is 0. The van der Waals surface area contributed by atoms with Crippen molar-refractivity contribution in [3.8, 4) is 0 Å². The molecule has 13 heavy (non-hydrogen) atoms. The standard InChI is InChI=1S/C8H16N2O3/c1-3-7(11)9-5-6-10-8(12)13-4-2/h3-6H2,1-2H3,(H,9,11)(H,10,12). The van der Waals surface area contributed by atoms with Crippen LogP contribution in [0, 0.1) is 0 Å². The molecular formula is C8H16N2O3. The summed E-state index contributed by atoms with van der Waals surface area (Å²) in [5, 5.41) is 5.11. The Kier molecular flexibility index (Phi) is 6.68. The summed E-state index contributed by atoms with van der Waals surface area (Å²) in [6.07, 6.45) is 0.00705. The average molecular weight is 188 g/mol. The molecule has 0 rings (SSSR count). The SMILES string of the molecule is CCOC(=O)NCCNC(=O)CC. The maximum absolute atomic E-state index is 10.7. The van der Waals surface area contributed by atoms with Gasteiger partial charge in [0.15, 0.2) is 0 Å². The van der Waals surface area contributed by atoms with Crippen LogP contribution in [-0.2, 0) is 9.53 Å². The van der Waals surface area contributed by atoms with Gasteiger partial charge in [-0.25, -0.2) is 4.79 Å². The summed E-state index contributed by atoms with van der Waals surface area (Å²) in [6.45, 7) is 4.69. The average Bonchev–Trinajstić information content (AvgIpc) is 2.12. The molecule has 0 aliphatic heterocycles. The van der Waals surface area contributed by atoms with E-state index in [1.165, 1.54) is 0 Å². The van der Waals surface area contributed by atoms with Gasteiger partial charge < -0.3 is 15.4 Å². The van der Waals surface area contributed by atoms with Crippen molar-refractivity contribution >= 4 is 12.0 Å². The molecule has 0 unspecified atom stereocenters. The van der Waals surface area contributed by atoms with E-state index < -0.39 is 6.09 Å². The number of hydrogen-bond acceptors (Lipinski definition) is 3. The van der Waals surface area contributed by atoms with Crippen LogP contribution in [0.3, 0.4) is 0 Å². The lowest BCUT2D eigenvalue weighted by atomic mass is 10.4. The van der Waals surface area contributed by atoms with Crippen LogP contribution in [0.15, 0.2) is 0 Å². The van der Waals surface area contributed by atoms with Crippen molar-refractivity contribution in [3.05, 3.63) is 0 Å². The first-order chi connectivity index (χ1) is 6.20. The number of carbonyl (C=O) groups is 2. The lowest BCUT2D eigenvalue weighted by Crippen LogP contribution is -2.34. The first-order valence-electron chi connectivity index (χ1n) is 4.38. The molecule has 2 amide bonds. The van der Waals surface area contributed by atoms with Crippen LogP contribution in [0.25, 0.3) is 0 Å². The molecule has 0 saturated heterocycles. The molecule has 0 radical (unpaired) electrons. The summed E-state index contributed by atoms with van der Waals surface area (Å²) in [5.74, 6) is -0.0225. The van der Waals surface area contributed by atoms with E-state index >= 15 is 0 Å². The Bertz CT molecular complexity index is 171. The van der Waals surface area contributed by atoms with Crippen molar-refractivity contribution in [2.45, 2.75) is 20.3 Å². The number of rotatable bonds is 5. The van der Waals surface area contributed by atoms with Crippen LogP contribution in [-0.4, -0.2) is 31.7 Å². The molecule has 76 valence electrons. The van der Waals surface area contributed by atoms with E-state index in [2.05, 4.69) is 15.4 Å². The van der Waals surface area contributed by atoms with Crippen LogP contribution >= 0.6 is 0 Å².